The van der Waals surface area contributed by atoms with Crippen molar-refractivity contribution in [1.29, 1.82) is 0 Å². The van der Waals surface area contributed by atoms with Crippen LogP contribution in [0.3, 0.4) is 0 Å². The standard InChI is InChI=1S/C12H18F3O4P/c1-8-5-10(3)19-9(2,17-8)6-11(4,18-8)20(10)16-7-12(13,14)15/h5-7H2,1-4H3/t8-,9-,10+,11+/m0/s1. The first-order valence-electron chi connectivity index (χ1n) is 6.48. The molecule has 0 aromatic rings. The van der Waals surface area contributed by atoms with Gasteiger partial charge in [-0.3, -0.25) is 0 Å². The lowest BCUT2D eigenvalue weighted by atomic mass is 9.98. The number of rotatable bonds is 2. The highest BCUT2D eigenvalue weighted by Gasteiger charge is 2.72. The van der Waals surface area contributed by atoms with Crippen molar-refractivity contribution < 1.29 is 31.9 Å². The molecule has 4 saturated heterocycles. The van der Waals surface area contributed by atoms with Crippen molar-refractivity contribution in [3.8, 4) is 0 Å². The summed E-state index contributed by atoms with van der Waals surface area (Å²) in [6, 6.07) is 0. The molecule has 0 radical (unpaired) electrons. The molecule has 4 aliphatic heterocycles. The lowest BCUT2D eigenvalue weighted by Crippen LogP contribution is -2.71. The third-order valence-electron chi connectivity index (χ3n) is 3.82. The number of hydrogen-bond donors (Lipinski definition) is 0. The third kappa shape index (κ3) is 2.28. The highest BCUT2D eigenvalue weighted by Crippen LogP contribution is 2.76. The Morgan fingerprint density at radius 2 is 1.40 bits per heavy atom. The molecule has 0 aliphatic carbocycles. The van der Waals surface area contributed by atoms with E-state index in [9.17, 15) is 13.2 Å². The first-order chi connectivity index (χ1) is 8.87. The second-order valence-electron chi connectivity index (χ2n) is 6.46. The molecule has 0 amide bonds. The molecule has 4 heterocycles. The Kier molecular flexibility index (Phi) is 2.90. The van der Waals surface area contributed by atoms with E-state index in [1.54, 1.807) is 27.7 Å². The predicted molar refractivity (Wildman–Crippen MR) is 65.0 cm³/mol. The van der Waals surface area contributed by atoms with Crippen LogP contribution < -0.4 is 0 Å². The minimum atomic E-state index is -4.35. The van der Waals surface area contributed by atoms with Gasteiger partial charge >= 0.3 is 6.18 Å². The van der Waals surface area contributed by atoms with Gasteiger partial charge in [0.05, 0.1) is 8.15 Å². The smallest absolute Gasteiger partial charge is 0.344 e. The van der Waals surface area contributed by atoms with Gasteiger partial charge < -0.3 is 18.7 Å². The van der Waals surface area contributed by atoms with E-state index in [1.807, 2.05) is 0 Å². The average molecular weight is 314 g/mol. The maximum Gasteiger partial charge on any atom is 0.412 e. The van der Waals surface area contributed by atoms with Gasteiger partial charge in [0.15, 0.2) is 11.6 Å². The molecule has 0 N–H and O–H groups in total. The van der Waals surface area contributed by atoms with Gasteiger partial charge in [-0.25, -0.2) is 0 Å². The first kappa shape index (κ1) is 15.0. The van der Waals surface area contributed by atoms with Gasteiger partial charge in [0, 0.05) is 12.8 Å². The molecule has 0 aromatic carbocycles. The summed E-state index contributed by atoms with van der Waals surface area (Å²) in [4.78, 5) is 0. The Labute approximate surface area is 116 Å². The van der Waals surface area contributed by atoms with Crippen molar-refractivity contribution in [3.05, 3.63) is 0 Å². The van der Waals surface area contributed by atoms with E-state index in [1.165, 1.54) is 0 Å². The molecule has 8 heteroatoms. The van der Waals surface area contributed by atoms with Crippen LogP contribution in [-0.2, 0) is 18.7 Å². The first-order valence-corrected chi connectivity index (χ1v) is 7.74. The summed E-state index contributed by atoms with van der Waals surface area (Å²) in [6.45, 7) is 5.94. The molecule has 4 rings (SSSR count). The molecule has 0 aromatic heterocycles. The minimum Gasteiger partial charge on any atom is -0.344 e. The van der Waals surface area contributed by atoms with E-state index in [-0.39, 0.29) is 0 Å². The van der Waals surface area contributed by atoms with Crippen LogP contribution in [-0.4, -0.2) is 35.0 Å². The second-order valence-corrected chi connectivity index (χ2v) is 9.20. The van der Waals surface area contributed by atoms with Crippen molar-refractivity contribution in [2.45, 2.75) is 69.0 Å². The van der Waals surface area contributed by atoms with E-state index < -0.39 is 43.2 Å². The van der Waals surface area contributed by atoms with E-state index in [2.05, 4.69) is 0 Å². The van der Waals surface area contributed by atoms with Crippen molar-refractivity contribution in [2.24, 2.45) is 0 Å². The van der Waals surface area contributed by atoms with Crippen molar-refractivity contribution in [3.63, 3.8) is 0 Å². The molecule has 4 atom stereocenters. The van der Waals surface area contributed by atoms with Gasteiger partial charge in [0.1, 0.15) is 17.3 Å². The number of alkyl halides is 3. The van der Waals surface area contributed by atoms with Crippen molar-refractivity contribution >= 4 is 8.15 Å². The Hall–Kier alpha value is 0.0600. The van der Waals surface area contributed by atoms with Gasteiger partial charge in [0.25, 0.3) is 0 Å². The van der Waals surface area contributed by atoms with Crippen LogP contribution in [0.5, 0.6) is 0 Å². The fourth-order valence-electron chi connectivity index (χ4n) is 3.97. The van der Waals surface area contributed by atoms with E-state index >= 15 is 0 Å². The Morgan fingerprint density at radius 3 is 1.80 bits per heavy atom. The molecule has 4 aliphatic rings. The molecule has 0 saturated carbocycles. The summed E-state index contributed by atoms with van der Waals surface area (Å²) in [7, 11) is -1.54. The van der Waals surface area contributed by atoms with Crippen molar-refractivity contribution in [1.82, 2.24) is 0 Å². The number of ether oxygens (including phenoxy) is 3. The normalized spacial score (nSPS) is 54.5. The Bertz CT molecular complexity index is 397. The lowest BCUT2D eigenvalue weighted by molar-refractivity contribution is -0.470. The zero-order chi connectivity index (χ0) is 15.0. The van der Waals surface area contributed by atoms with Crippen LogP contribution in [0.15, 0.2) is 0 Å². The van der Waals surface area contributed by atoms with Crippen LogP contribution in [0.1, 0.15) is 40.5 Å². The molecule has 4 fully saturated rings. The molecule has 20 heavy (non-hydrogen) atoms. The Morgan fingerprint density at radius 1 is 0.950 bits per heavy atom. The SMILES string of the molecule is C[C@@]12C[C@]3(C)O[C@@](C)(C[C@](C)(O1)P3OCC(F)(F)F)O2. The van der Waals surface area contributed by atoms with Crippen molar-refractivity contribution in [2.75, 3.05) is 6.61 Å². The molecular weight excluding hydrogens is 296 g/mol. The summed E-state index contributed by atoms with van der Waals surface area (Å²) < 4.78 is 60.3. The van der Waals surface area contributed by atoms with Crippen LogP contribution in [0, 0.1) is 0 Å². The highest BCUT2D eigenvalue weighted by molar-refractivity contribution is 7.55. The molecular formula is C12H18F3O4P. The molecule has 116 valence electrons. The van der Waals surface area contributed by atoms with Gasteiger partial charge in [-0.05, 0) is 27.7 Å². The van der Waals surface area contributed by atoms with Crippen LogP contribution in [0.2, 0.25) is 0 Å². The summed E-state index contributed by atoms with van der Waals surface area (Å²) in [5, 5.41) is -1.57. The summed E-state index contributed by atoms with van der Waals surface area (Å²) in [5.41, 5.74) is 0. The molecule has 4 nitrogen and oxygen atoms in total. The van der Waals surface area contributed by atoms with E-state index in [4.69, 9.17) is 18.7 Å². The number of hydrogen-bond acceptors (Lipinski definition) is 4. The summed E-state index contributed by atoms with van der Waals surface area (Å²) in [5.74, 6) is -1.65. The third-order valence-corrected chi connectivity index (χ3v) is 6.42. The van der Waals surface area contributed by atoms with Crippen LogP contribution in [0.4, 0.5) is 13.2 Å². The monoisotopic (exact) mass is 314 g/mol. The summed E-state index contributed by atoms with van der Waals surface area (Å²) >= 11 is 0. The van der Waals surface area contributed by atoms with Gasteiger partial charge in [0.2, 0.25) is 0 Å². The van der Waals surface area contributed by atoms with E-state index in [0.29, 0.717) is 12.8 Å². The summed E-state index contributed by atoms with van der Waals surface area (Å²) in [6.07, 6.45) is -3.61. The second kappa shape index (κ2) is 3.87. The topological polar surface area (TPSA) is 36.9 Å². The average Bonchev–Trinajstić information content (AvgIpc) is 2.05. The van der Waals surface area contributed by atoms with Crippen LogP contribution >= 0.6 is 8.15 Å². The minimum absolute atomic E-state index is 0.370. The Balaban J connectivity index is 1.90. The lowest BCUT2D eigenvalue weighted by Gasteiger charge is -2.68. The maximum absolute atomic E-state index is 12.5. The molecule has 0 unspecified atom stereocenters. The largest absolute Gasteiger partial charge is 0.412 e. The predicted octanol–water partition coefficient (Wildman–Crippen LogP) is 3.70. The zero-order valence-corrected chi connectivity index (χ0v) is 12.7. The van der Waals surface area contributed by atoms with Gasteiger partial charge in [-0.1, -0.05) is 0 Å². The quantitative estimate of drug-likeness (QED) is 0.728. The fourth-order valence-corrected chi connectivity index (χ4v) is 7.21. The highest BCUT2D eigenvalue weighted by atomic mass is 31.1. The van der Waals surface area contributed by atoms with Crippen LogP contribution in [0.25, 0.3) is 0 Å². The van der Waals surface area contributed by atoms with Gasteiger partial charge in [-0.2, -0.15) is 13.2 Å². The molecule has 0 spiro atoms. The fraction of sp³-hybridized carbons (Fsp3) is 1.00. The molecule has 4 bridgehead atoms. The number of halogens is 3. The van der Waals surface area contributed by atoms with Gasteiger partial charge in [-0.15, -0.1) is 0 Å². The van der Waals surface area contributed by atoms with E-state index in [0.717, 1.165) is 0 Å². The zero-order valence-electron chi connectivity index (χ0n) is 11.8. The maximum atomic E-state index is 12.5.